The number of hydrogen-bond acceptors (Lipinski definition) is 6. The van der Waals surface area contributed by atoms with Crippen molar-refractivity contribution in [2.24, 2.45) is 0 Å². The van der Waals surface area contributed by atoms with Crippen molar-refractivity contribution < 1.29 is 20.1 Å². The third-order valence-electron chi connectivity index (χ3n) is 2.21. The highest BCUT2D eigenvalue weighted by molar-refractivity contribution is 6.33. The van der Waals surface area contributed by atoms with Gasteiger partial charge in [-0.15, -0.1) is 0 Å². The quantitative estimate of drug-likeness (QED) is 0.647. The average molecular weight is 313 g/mol. The number of phenols is 2. The molecule has 0 aliphatic carbocycles. The van der Waals surface area contributed by atoms with Crippen molar-refractivity contribution in [1.82, 2.24) is 0 Å². The summed E-state index contributed by atoms with van der Waals surface area (Å²) < 4.78 is 0. The van der Waals surface area contributed by atoms with Crippen LogP contribution in [-0.2, 0) is 0 Å². The molecule has 0 spiro atoms. The summed E-state index contributed by atoms with van der Waals surface area (Å²) in [5.41, 5.74) is -0.548. The Morgan fingerprint density at radius 2 is 1.24 bits per heavy atom. The summed E-state index contributed by atoms with van der Waals surface area (Å²) in [5, 5.41) is 37.9. The predicted molar refractivity (Wildman–Crippen MR) is 74.5 cm³/mol. The number of rotatable bonds is 2. The first kappa shape index (κ1) is 16.2. The Balaban J connectivity index is 0.000000219. The van der Waals surface area contributed by atoms with Gasteiger partial charge < -0.3 is 10.2 Å². The molecule has 0 aliphatic heterocycles. The minimum Gasteiger partial charge on any atom is -0.506 e. The zero-order chi connectivity index (χ0) is 16.0. The molecule has 2 aromatic rings. The number of halogens is 1. The SMILES string of the molecule is O=[N+]([O-])c1cccc([N+](=O)[O-])c1.Oc1cccc(O)c1Cl. The lowest BCUT2D eigenvalue weighted by Crippen LogP contribution is -1.91. The highest BCUT2D eigenvalue weighted by Gasteiger charge is 2.11. The molecular formula is C12H9ClN2O6. The van der Waals surface area contributed by atoms with E-state index in [2.05, 4.69) is 0 Å². The van der Waals surface area contributed by atoms with Gasteiger partial charge >= 0.3 is 0 Å². The van der Waals surface area contributed by atoms with Crippen LogP contribution in [0.15, 0.2) is 42.5 Å². The normalized spacial score (nSPS) is 9.38. The van der Waals surface area contributed by atoms with Gasteiger partial charge in [-0.3, -0.25) is 20.2 Å². The third kappa shape index (κ3) is 4.62. The monoisotopic (exact) mass is 312 g/mol. The first-order valence-corrected chi connectivity index (χ1v) is 5.76. The van der Waals surface area contributed by atoms with Crippen molar-refractivity contribution in [2.75, 3.05) is 0 Å². The molecule has 0 amide bonds. The molecule has 0 saturated carbocycles. The lowest BCUT2D eigenvalue weighted by Gasteiger charge is -1.95. The molecule has 110 valence electrons. The van der Waals surface area contributed by atoms with E-state index >= 15 is 0 Å². The summed E-state index contributed by atoms with van der Waals surface area (Å²) in [6.07, 6.45) is 0. The summed E-state index contributed by atoms with van der Waals surface area (Å²) in [7, 11) is 0. The minimum absolute atomic E-state index is 0.00231. The van der Waals surface area contributed by atoms with Gasteiger partial charge in [-0.2, -0.15) is 0 Å². The van der Waals surface area contributed by atoms with Gasteiger partial charge in [-0.05, 0) is 18.2 Å². The summed E-state index contributed by atoms with van der Waals surface area (Å²) in [6.45, 7) is 0. The Kier molecular flexibility index (Phi) is 5.44. The molecule has 0 atom stereocenters. The second kappa shape index (κ2) is 7.06. The zero-order valence-electron chi connectivity index (χ0n) is 10.3. The lowest BCUT2D eigenvalue weighted by molar-refractivity contribution is -0.394. The summed E-state index contributed by atoms with van der Waals surface area (Å²) in [5.74, 6) is -0.201. The molecule has 0 aliphatic rings. The first-order valence-electron chi connectivity index (χ1n) is 5.38. The number of non-ortho nitro benzene ring substituents is 2. The highest BCUT2D eigenvalue weighted by atomic mass is 35.5. The topological polar surface area (TPSA) is 127 Å². The fraction of sp³-hybridized carbons (Fsp3) is 0. The van der Waals surface area contributed by atoms with Crippen LogP contribution in [0.25, 0.3) is 0 Å². The Morgan fingerprint density at radius 3 is 1.57 bits per heavy atom. The molecule has 0 bridgehead atoms. The molecule has 0 aromatic heterocycles. The fourth-order valence-electron chi connectivity index (χ4n) is 1.23. The maximum Gasteiger partial charge on any atom is 0.276 e. The molecule has 9 heteroatoms. The number of nitrogens with zero attached hydrogens (tertiary/aromatic N) is 2. The Morgan fingerprint density at radius 1 is 0.857 bits per heavy atom. The first-order chi connectivity index (χ1) is 9.82. The van der Waals surface area contributed by atoms with Gasteiger partial charge in [0.05, 0.1) is 15.9 Å². The highest BCUT2D eigenvalue weighted by Crippen LogP contribution is 2.30. The zero-order valence-corrected chi connectivity index (χ0v) is 11.1. The molecule has 2 rings (SSSR count). The van der Waals surface area contributed by atoms with Crippen molar-refractivity contribution in [2.45, 2.75) is 0 Å². The van der Waals surface area contributed by atoms with Crippen LogP contribution in [0.4, 0.5) is 11.4 Å². The van der Waals surface area contributed by atoms with E-state index in [0.717, 1.165) is 6.07 Å². The van der Waals surface area contributed by atoms with Crippen LogP contribution in [0.1, 0.15) is 0 Å². The number of nitro benzene ring substituents is 2. The van der Waals surface area contributed by atoms with Crippen LogP contribution in [-0.4, -0.2) is 20.1 Å². The summed E-state index contributed by atoms with van der Waals surface area (Å²) in [4.78, 5) is 19.0. The van der Waals surface area contributed by atoms with E-state index in [4.69, 9.17) is 21.8 Å². The molecule has 21 heavy (non-hydrogen) atoms. The van der Waals surface area contributed by atoms with E-state index in [9.17, 15) is 20.2 Å². The van der Waals surface area contributed by atoms with E-state index in [1.54, 1.807) is 0 Å². The van der Waals surface area contributed by atoms with E-state index in [1.165, 1.54) is 36.4 Å². The number of benzene rings is 2. The van der Waals surface area contributed by atoms with Crippen LogP contribution in [0.5, 0.6) is 11.5 Å². The summed E-state index contributed by atoms with van der Waals surface area (Å²) in [6, 6.07) is 8.91. The van der Waals surface area contributed by atoms with Crippen molar-refractivity contribution in [3.8, 4) is 11.5 Å². The number of phenolic OH excluding ortho intramolecular Hbond substituents is 2. The van der Waals surface area contributed by atoms with Crippen LogP contribution in [0.3, 0.4) is 0 Å². The van der Waals surface area contributed by atoms with E-state index < -0.39 is 9.85 Å². The molecule has 0 saturated heterocycles. The van der Waals surface area contributed by atoms with Crippen molar-refractivity contribution >= 4 is 23.0 Å². The molecule has 2 N–H and O–H groups in total. The second-order valence-electron chi connectivity index (χ2n) is 3.64. The molecule has 0 radical (unpaired) electrons. The molecule has 0 unspecified atom stereocenters. The Hall–Kier alpha value is -2.87. The van der Waals surface area contributed by atoms with Crippen molar-refractivity contribution in [3.63, 3.8) is 0 Å². The fourth-order valence-corrected chi connectivity index (χ4v) is 1.35. The van der Waals surface area contributed by atoms with E-state index in [1.807, 2.05) is 0 Å². The van der Waals surface area contributed by atoms with Crippen LogP contribution in [0, 0.1) is 20.2 Å². The molecule has 8 nitrogen and oxygen atoms in total. The van der Waals surface area contributed by atoms with Crippen LogP contribution >= 0.6 is 11.6 Å². The lowest BCUT2D eigenvalue weighted by atomic mass is 10.3. The van der Waals surface area contributed by atoms with E-state index in [0.29, 0.717) is 0 Å². The standard InChI is InChI=1S/C6H5ClO2.C6H4N2O4/c7-6-4(8)2-1-3-5(6)9;9-7(10)5-2-1-3-6(4-5)8(11)12/h1-3,8-9H;1-4H. The van der Waals surface area contributed by atoms with Crippen molar-refractivity contribution in [3.05, 3.63) is 67.7 Å². The minimum atomic E-state index is -0.674. The maximum absolute atomic E-state index is 10.2. The van der Waals surface area contributed by atoms with Gasteiger partial charge in [-0.25, -0.2) is 0 Å². The van der Waals surface area contributed by atoms with Crippen LogP contribution < -0.4 is 0 Å². The molecule has 0 heterocycles. The van der Waals surface area contributed by atoms with E-state index in [-0.39, 0.29) is 27.9 Å². The van der Waals surface area contributed by atoms with Crippen molar-refractivity contribution in [1.29, 1.82) is 0 Å². The molecular weight excluding hydrogens is 304 g/mol. The number of aromatic hydroxyl groups is 2. The molecule has 0 fully saturated rings. The maximum atomic E-state index is 10.2. The van der Waals surface area contributed by atoms with Gasteiger partial charge in [0.1, 0.15) is 16.5 Å². The Bertz CT molecular complexity index is 627. The van der Waals surface area contributed by atoms with Gasteiger partial charge in [0.25, 0.3) is 11.4 Å². The smallest absolute Gasteiger partial charge is 0.276 e. The second-order valence-corrected chi connectivity index (χ2v) is 4.02. The Labute approximate surface area is 123 Å². The largest absolute Gasteiger partial charge is 0.506 e. The van der Waals surface area contributed by atoms with Gasteiger partial charge in [0, 0.05) is 12.1 Å². The number of hydrogen-bond donors (Lipinski definition) is 2. The molecule has 2 aromatic carbocycles. The average Bonchev–Trinajstić information content (AvgIpc) is 2.45. The van der Waals surface area contributed by atoms with Gasteiger partial charge in [0.15, 0.2) is 0 Å². The van der Waals surface area contributed by atoms with Crippen LogP contribution in [0.2, 0.25) is 5.02 Å². The number of nitro groups is 2. The van der Waals surface area contributed by atoms with Gasteiger partial charge in [0.2, 0.25) is 0 Å². The third-order valence-corrected chi connectivity index (χ3v) is 2.60. The summed E-state index contributed by atoms with van der Waals surface area (Å²) >= 11 is 5.38. The predicted octanol–water partition coefficient (Wildman–Crippen LogP) is 3.25. The van der Waals surface area contributed by atoms with Gasteiger partial charge in [-0.1, -0.05) is 17.7 Å².